The first-order valence-electron chi connectivity index (χ1n) is 7.99. The fourth-order valence-corrected chi connectivity index (χ4v) is 2.29. The molecule has 0 aromatic heterocycles. The van der Waals surface area contributed by atoms with Gasteiger partial charge in [-0.15, -0.1) is 12.6 Å². The van der Waals surface area contributed by atoms with Crippen molar-refractivity contribution in [2.75, 3.05) is 21.3 Å². The molecule has 26 heavy (non-hydrogen) atoms. The van der Waals surface area contributed by atoms with Crippen LogP contribution in [0.15, 0.2) is 77.7 Å². The van der Waals surface area contributed by atoms with Crippen LogP contribution in [0.5, 0.6) is 28.7 Å². The number of hydrogen-bond donors (Lipinski definition) is 1. The van der Waals surface area contributed by atoms with E-state index < -0.39 is 0 Å². The van der Waals surface area contributed by atoms with Crippen molar-refractivity contribution in [2.45, 2.75) is 4.90 Å². The molecule has 0 fully saturated rings. The Morgan fingerprint density at radius 1 is 0.692 bits per heavy atom. The normalized spacial score (nSPS) is 9.54. The summed E-state index contributed by atoms with van der Waals surface area (Å²) >= 11 is 4.13. The van der Waals surface area contributed by atoms with Crippen molar-refractivity contribution in [3.8, 4) is 28.7 Å². The predicted molar refractivity (Wildman–Crippen MR) is 107 cm³/mol. The van der Waals surface area contributed by atoms with Crippen molar-refractivity contribution in [3.63, 3.8) is 0 Å². The van der Waals surface area contributed by atoms with Gasteiger partial charge in [0.15, 0.2) is 7.11 Å². The topological polar surface area (TPSA) is 40.5 Å². The number of ether oxygens (including phenoxy) is 4. The second-order valence-corrected chi connectivity index (χ2v) is 5.72. The third-order valence-corrected chi connectivity index (χ3v) is 3.70. The zero-order valence-electron chi connectivity index (χ0n) is 15.0. The van der Waals surface area contributed by atoms with E-state index in [9.17, 15) is 0 Å². The van der Waals surface area contributed by atoms with Gasteiger partial charge >= 0.3 is 0 Å². The Bertz CT molecular complexity index is 803. The molecule has 0 unspecified atom stereocenters. The molecular formula is C21H23O4S+. The maximum atomic E-state index is 5.70. The minimum Gasteiger partial charge on any atom is -0.585 e. The van der Waals surface area contributed by atoms with E-state index >= 15 is 0 Å². The van der Waals surface area contributed by atoms with Crippen molar-refractivity contribution in [1.29, 1.82) is 0 Å². The average Bonchev–Trinajstić information content (AvgIpc) is 2.69. The molecule has 4 nitrogen and oxygen atoms in total. The molecule has 0 radical (unpaired) electrons. The second kappa shape index (κ2) is 10.3. The van der Waals surface area contributed by atoms with Crippen molar-refractivity contribution >= 4 is 12.6 Å². The van der Waals surface area contributed by atoms with Crippen LogP contribution < -0.4 is 14.2 Å². The number of hydrogen-bond acceptors (Lipinski definition) is 4. The molecule has 0 spiro atoms. The Morgan fingerprint density at radius 3 is 1.81 bits per heavy atom. The first-order chi connectivity index (χ1) is 12.6. The molecule has 0 atom stereocenters. The van der Waals surface area contributed by atoms with Gasteiger partial charge in [0.25, 0.3) is 5.75 Å². The van der Waals surface area contributed by atoms with Crippen LogP contribution >= 0.6 is 12.6 Å². The van der Waals surface area contributed by atoms with Crippen LogP contribution in [0.25, 0.3) is 0 Å². The minimum atomic E-state index is 0.755. The SMILES string of the molecule is COc1cccc(Oc2ccc([OH+]C)cc2)c1.COc1cccc(S)c1. The highest BCUT2D eigenvalue weighted by molar-refractivity contribution is 7.80. The molecule has 1 N–H and O–H groups in total. The van der Waals surface area contributed by atoms with Gasteiger partial charge in [0.1, 0.15) is 23.0 Å². The van der Waals surface area contributed by atoms with Gasteiger partial charge in [0.2, 0.25) is 0 Å². The molecule has 0 saturated carbocycles. The summed E-state index contributed by atoms with van der Waals surface area (Å²) in [7, 11) is 5.04. The number of methoxy groups -OCH3 is 2. The summed E-state index contributed by atoms with van der Waals surface area (Å²) in [5, 5.41) is 0. The van der Waals surface area contributed by atoms with Crippen molar-refractivity contribution in [3.05, 3.63) is 72.8 Å². The van der Waals surface area contributed by atoms with Crippen LogP contribution in [0.3, 0.4) is 0 Å². The molecule has 3 aromatic carbocycles. The smallest absolute Gasteiger partial charge is 0.254 e. The van der Waals surface area contributed by atoms with Crippen LogP contribution in [0.4, 0.5) is 0 Å². The average molecular weight is 371 g/mol. The highest BCUT2D eigenvalue weighted by Gasteiger charge is 2.01. The van der Waals surface area contributed by atoms with Gasteiger partial charge in [0, 0.05) is 23.1 Å². The molecule has 0 amide bonds. The Morgan fingerprint density at radius 2 is 1.27 bits per heavy atom. The maximum absolute atomic E-state index is 5.70. The predicted octanol–water partition coefficient (Wildman–Crippen LogP) is 5.34. The first-order valence-corrected chi connectivity index (χ1v) is 8.44. The van der Waals surface area contributed by atoms with Gasteiger partial charge in [-0.2, -0.15) is 0 Å². The van der Waals surface area contributed by atoms with Crippen LogP contribution in [0.1, 0.15) is 0 Å². The summed E-state index contributed by atoms with van der Waals surface area (Å²) < 4.78 is 19.8. The van der Waals surface area contributed by atoms with Gasteiger partial charge in [-0.25, -0.2) is 0 Å². The van der Waals surface area contributed by atoms with E-state index in [1.54, 1.807) is 21.3 Å². The van der Waals surface area contributed by atoms with Gasteiger partial charge < -0.3 is 18.9 Å². The third-order valence-electron chi connectivity index (χ3n) is 3.43. The molecular weight excluding hydrogens is 348 g/mol. The molecule has 0 aliphatic carbocycles. The third kappa shape index (κ3) is 6.26. The summed E-state index contributed by atoms with van der Waals surface area (Å²) in [6.07, 6.45) is 0. The van der Waals surface area contributed by atoms with Crippen LogP contribution in [-0.4, -0.2) is 26.1 Å². The summed E-state index contributed by atoms with van der Waals surface area (Å²) in [6.45, 7) is 0. The lowest BCUT2D eigenvalue weighted by atomic mass is 10.3. The zero-order chi connectivity index (χ0) is 18.8. The van der Waals surface area contributed by atoms with Crippen molar-refractivity contribution in [1.82, 2.24) is 0 Å². The fourth-order valence-electron chi connectivity index (χ4n) is 2.07. The standard InChI is InChI=1S/C14H14O3.C7H8OS/c1-15-11-6-8-12(9-7-11)17-14-5-3-4-13(10-14)16-2;1-8-6-3-2-4-7(9)5-6/h3-10H,1-2H3;2-5,9H,1H3/p+1. The molecule has 136 valence electrons. The largest absolute Gasteiger partial charge is 0.585 e. The quantitative estimate of drug-likeness (QED) is 0.486. The van der Waals surface area contributed by atoms with E-state index in [-0.39, 0.29) is 0 Å². The summed E-state index contributed by atoms with van der Waals surface area (Å²) in [4.78, 5) is 0.925. The molecule has 3 aromatic rings. The van der Waals surface area contributed by atoms with Crippen molar-refractivity contribution < 1.29 is 18.9 Å². The summed E-state index contributed by atoms with van der Waals surface area (Å²) in [5.41, 5.74) is 0. The Labute approximate surface area is 159 Å². The molecule has 0 bridgehead atoms. The Hall–Kier alpha value is -2.79. The minimum absolute atomic E-state index is 0.755. The number of aliphatic hydroxyl groups is 1. The van der Waals surface area contributed by atoms with Crippen LogP contribution in [0.2, 0.25) is 0 Å². The molecule has 0 aliphatic rings. The van der Waals surface area contributed by atoms with E-state index in [1.165, 1.54) is 0 Å². The van der Waals surface area contributed by atoms with E-state index in [0.717, 1.165) is 33.6 Å². The monoisotopic (exact) mass is 371 g/mol. The molecule has 5 heteroatoms. The van der Waals surface area contributed by atoms with Crippen LogP contribution in [-0.2, 0) is 0 Å². The number of thiol groups is 1. The van der Waals surface area contributed by atoms with Gasteiger partial charge in [0.05, 0.1) is 14.2 Å². The number of aromatic hydroxyl groups is 1. The lowest BCUT2D eigenvalue weighted by Gasteiger charge is -2.07. The molecule has 0 saturated heterocycles. The molecule has 0 aliphatic heterocycles. The number of benzene rings is 3. The Balaban J connectivity index is 0.000000228. The van der Waals surface area contributed by atoms with E-state index in [2.05, 4.69) is 17.4 Å². The maximum Gasteiger partial charge on any atom is 0.254 e. The van der Waals surface area contributed by atoms with Gasteiger partial charge in [-0.05, 0) is 42.5 Å². The fraction of sp³-hybridized carbons (Fsp3) is 0.143. The van der Waals surface area contributed by atoms with Gasteiger partial charge in [-0.1, -0.05) is 12.1 Å². The Kier molecular flexibility index (Phi) is 7.71. The highest BCUT2D eigenvalue weighted by atomic mass is 32.1. The van der Waals surface area contributed by atoms with E-state index in [4.69, 9.17) is 14.2 Å². The van der Waals surface area contributed by atoms with E-state index in [0.29, 0.717) is 0 Å². The number of rotatable bonds is 5. The first kappa shape index (κ1) is 19.5. The van der Waals surface area contributed by atoms with Crippen molar-refractivity contribution in [2.24, 2.45) is 0 Å². The summed E-state index contributed by atoms with van der Waals surface area (Å²) in [5.74, 6) is 4.10. The summed E-state index contributed by atoms with van der Waals surface area (Å²) in [6, 6.07) is 22.7. The highest BCUT2D eigenvalue weighted by Crippen LogP contribution is 2.26. The molecule has 0 heterocycles. The zero-order valence-corrected chi connectivity index (χ0v) is 15.9. The second-order valence-electron chi connectivity index (χ2n) is 5.20. The van der Waals surface area contributed by atoms with Gasteiger partial charge in [-0.3, -0.25) is 0 Å². The van der Waals surface area contributed by atoms with Crippen LogP contribution in [0, 0.1) is 0 Å². The lowest BCUT2D eigenvalue weighted by molar-refractivity contribution is 0.136. The lowest BCUT2D eigenvalue weighted by Crippen LogP contribution is -1.86. The molecule has 3 rings (SSSR count). The van der Waals surface area contributed by atoms with E-state index in [1.807, 2.05) is 72.8 Å².